The number of rotatable bonds is 5. The van der Waals surface area contributed by atoms with E-state index in [9.17, 15) is 9.59 Å². The Labute approximate surface area is 128 Å². The van der Waals surface area contributed by atoms with E-state index < -0.39 is 11.5 Å². The van der Waals surface area contributed by atoms with Crippen molar-refractivity contribution in [1.82, 2.24) is 5.32 Å². The van der Waals surface area contributed by atoms with E-state index in [1.807, 2.05) is 6.92 Å². The van der Waals surface area contributed by atoms with Crippen LogP contribution in [0.15, 0.2) is 18.2 Å². The number of nitrogens with one attached hydrogen (secondary N) is 2. The van der Waals surface area contributed by atoms with Crippen LogP contribution in [0.1, 0.15) is 43.0 Å². The quantitative estimate of drug-likeness (QED) is 0.781. The average Bonchev–Trinajstić information content (AvgIpc) is 2.91. The van der Waals surface area contributed by atoms with E-state index in [2.05, 4.69) is 10.6 Å². The van der Waals surface area contributed by atoms with Crippen LogP contribution in [-0.2, 0) is 4.79 Å². The lowest BCUT2D eigenvalue weighted by Crippen LogP contribution is -2.50. The van der Waals surface area contributed by atoms with Gasteiger partial charge in [-0.2, -0.15) is 0 Å². The summed E-state index contributed by atoms with van der Waals surface area (Å²) in [5, 5.41) is 15.4. The second-order valence-electron chi connectivity index (χ2n) is 5.32. The van der Waals surface area contributed by atoms with E-state index in [1.165, 1.54) is 18.2 Å². The average molecular weight is 311 g/mol. The molecule has 2 rings (SSSR count). The minimum absolute atomic E-state index is 0.0959. The molecule has 21 heavy (non-hydrogen) atoms. The number of carboxylic acid groups (broad SMARTS) is 1. The molecule has 1 saturated heterocycles. The maximum Gasteiger partial charge on any atom is 0.335 e. The van der Waals surface area contributed by atoms with Crippen LogP contribution in [0.25, 0.3) is 0 Å². The van der Waals surface area contributed by atoms with Crippen molar-refractivity contribution >= 4 is 29.2 Å². The lowest BCUT2D eigenvalue weighted by Gasteiger charge is -2.28. The minimum atomic E-state index is -1.05. The van der Waals surface area contributed by atoms with Gasteiger partial charge in [0.05, 0.1) is 21.8 Å². The van der Waals surface area contributed by atoms with Gasteiger partial charge in [-0.05, 0) is 44.0 Å². The molecule has 1 heterocycles. The van der Waals surface area contributed by atoms with Gasteiger partial charge in [0.15, 0.2) is 0 Å². The SMILES string of the molecule is CCCC1(C(=O)Nc2cc(C(=O)O)ccc2Cl)CCCN1. The smallest absolute Gasteiger partial charge is 0.335 e. The van der Waals surface area contributed by atoms with Crippen molar-refractivity contribution in [1.29, 1.82) is 0 Å². The predicted octanol–water partition coefficient (Wildman–Crippen LogP) is 2.90. The normalized spacial score (nSPS) is 21.2. The van der Waals surface area contributed by atoms with Crippen molar-refractivity contribution in [2.24, 2.45) is 0 Å². The Bertz CT molecular complexity index is 554. The largest absolute Gasteiger partial charge is 0.478 e. The molecule has 1 aliphatic rings. The van der Waals surface area contributed by atoms with Crippen molar-refractivity contribution in [3.8, 4) is 0 Å². The summed E-state index contributed by atoms with van der Waals surface area (Å²) in [7, 11) is 0. The number of anilines is 1. The lowest BCUT2D eigenvalue weighted by atomic mass is 9.90. The summed E-state index contributed by atoms with van der Waals surface area (Å²) in [5.74, 6) is -1.20. The number of hydrogen-bond donors (Lipinski definition) is 3. The summed E-state index contributed by atoms with van der Waals surface area (Å²) in [6, 6.07) is 4.28. The molecule has 0 aliphatic carbocycles. The lowest BCUT2D eigenvalue weighted by molar-refractivity contribution is -0.122. The summed E-state index contributed by atoms with van der Waals surface area (Å²) < 4.78 is 0. The summed E-state index contributed by atoms with van der Waals surface area (Å²) in [4.78, 5) is 23.6. The van der Waals surface area contributed by atoms with Crippen LogP contribution in [0.2, 0.25) is 5.02 Å². The highest BCUT2D eigenvalue weighted by atomic mass is 35.5. The maximum absolute atomic E-state index is 12.6. The van der Waals surface area contributed by atoms with E-state index >= 15 is 0 Å². The Kier molecular flexibility index (Phi) is 4.85. The van der Waals surface area contributed by atoms with Crippen molar-refractivity contribution in [3.63, 3.8) is 0 Å². The van der Waals surface area contributed by atoms with Crippen molar-refractivity contribution in [2.75, 3.05) is 11.9 Å². The van der Waals surface area contributed by atoms with E-state index in [4.69, 9.17) is 16.7 Å². The first-order chi connectivity index (χ1) is 9.98. The van der Waals surface area contributed by atoms with Gasteiger partial charge in [-0.15, -0.1) is 0 Å². The monoisotopic (exact) mass is 310 g/mol. The Morgan fingerprint density at radius 1 is 1.48 bits per heavy atom. The molecule has 0 saturated carbocycles. The van der Waals surface area contributed by atoms with Crippen molar-refractivity contribution in [3.05, 3.63) is 28.8 Å². The third kappa shape index (κ3) is 3.36. The molecule has 1 aromatic carbocycles. The van der Waals surface area contributed by atoms with E-state index in [0.717, 1.165) is 32.2 Å². The number of carbonyl (C=O) groups excluding carboxylic acids is 1. The van der Waals surface area contributed by atoms with Crippen LogP contribution in [-0.4, -0.2) is 29.1 Å². The van der Waals surface area contributed by atoms with E-state index in [-0.39, 0.29) is 11.5 Å². The molecule has 0 radical (unpaired) electrons. The summed E-state index contributed by atoms with van der Waals surface area (Å²) in [5.41, 5.74) is -0.138. The molecule has 3 N–H and O–H groups in total. The molecule has 1 amide bonds. The van der Waals surface area contributed by atoms with Gasteiger partial charge in [-0.3, -0.25) is 4.79 Å². The van der Waals surface area contributed by atoms with Gasteiger partial charge in [0, 0.05) is 0 Å². The molecule has 1 atom stereocenters. The molecule has 1 fully saturated rings. The highest BCUT2D eigenvalue weighted by Gasteiger charge is 2.40. The summed E-state index contributed by atoms with van der Waals surface area (Å²) in [6.07, 6.45) is 3.37. The van der Waals surface area contributed by atoms with Crippen LogP contribution in [0.3, 0.4) is 0 Å². The molecular weight excluding hydrogens is 292 g/mol. The Morgan fingerprint density at radius 3 is 2.81 bits per heavy atom. The van der Waals surface area contributed by atoms with Crippen LogP contribution in [0.5, 0.6) is 0 Å². The van der Waals surface area contributed by atoms with Crippen LogP contribution in [0, 0.1) is 0 Å². The maximum atomic E-state index is 12.6. The number of amides is 1. The topological polar surface area (TPSA) is 78.4 Å². The predicted molar refractivity (Wildman–Crippen MR) is 81.9 cm³/mol. The first-order valence-corrected chi connectivity index (χ1v) is 7.45. The second-order valence-corrected chi connectivity index (χ2v) is 5.72. The minimum Gasteiger partial charge on any atom is -0.478 e. The van der Waals surface area contributed by atoms with Crippen molar-refractivity contribution in [2.45, 2.75) is 38.1 Å². The van der Waals surface area contributed by atoms with Crippen LogP contribution < -0.4 is 10.6 Å². The van der Waals surface area contributed by atoms with Gasteiger partial charge in [0.1, 0.15) is 0 Å². The molecule has 1 aromatic rings. The number of halogens is 1. The zero-order valence-electron chi connectivity index (χ0n) is 11.9. The Hall–Kier alpha value is -1.59. The molecule has 0 spiro atoms. The fourth-order valence-electron chi connectivity index (χ4n) is 2.75. The molecule has 0 aromatic heterocycles. The molecule has 5 nitrogen and oxygen atoms in total. The molecule has 114 valence electrons. The number of carboxylic acids is 1. The molecule has 1 unspecified atom stereocenters. The van der Waals surface area contributed by atoms with Gasteiger partial charge in [0.25, 0.3) is 0 Å². The number of benzene rings is 1. The third-order valence-corrected chi connectivity index (χ3v) is 4.15. The van der Waals surface area contributed by atoms with Gasteiger partial charge >= 0.3 is 5.97 Å². The molecular formula is C15H19ClN2O3. The van der Waals surface area contributed by atoms with Gasteiger partial charge in [0.2, 0.25) is 5.91 Å². The fourth-order valence-corrected chi connectivity index (χ4v) is 2.91. The first-order valence-electron chi connectivity index (χ1n) is 7.08. The zero-order chi connectivity index (χ0) is 15.5. The number of hydrogen-bond acceptors (Lipinski definition) is 3. The highest BCUT2D eigenvalue weighted by molar-refractivity contribution is 6.34. The van der Waals surface area contributed by atoms with Crippen LogP contribution in [0.4, 0.5) is 5.69 Å². The van der Waals surface area contributed by atoms with Gasteiger partial charge < -0.3 is 15.7 Å². The first kappa shape index (κ1) is 15.8. The zero-order valence-corrected chi connectivity index (χ0v) is 12.7. The molecule has 6 heteroatoms. The molecule has 0 bridgehead atoms. The standard InChI is InChI=1S/C15H19ClN2O3/c1-2-6-15(7-3-8-17-15)14(21)18-12-9-10(13(19)20)4-5-11(12)16/h4-5,9,17H,2-3,6-8H2,1H3,(H,18,21)(H,19,20). The fraction of sp³-hybridized carbons (Fsp3) is 0.467. The number of carbonyl (C=O) groups is 2. The Morgan fingerprint density at radius 2 is 2.24 bits per heavy atom. The molecule has 1 aliphatic heterocycles. The summed E-state index contributed by atoms with van der Waals surface area (Å²) >= 11 is 6.05. The third-order valence-electron chi connectivity index (χ3n) is 3.82. The van der Waals surface area contributed by atoms with E-state index in [1.54, 1.807) is 0 Å². The number of aromatic carboxylic acids is 1. The van der Waals surface area contributed by atoms with Gasteiger partial charge in [-0.25, -0.2) is 4.79 Å². The van der Waals surface area contributed by atoms with E-state index in [0.29, 0.717) is 10.7 Å². The van der Waals surface area contributed by atoms with Crippen molar-refractivity contribution < 1.29 is 14.7 Å². The highest BCUT2D eigenvalue weighted by Crippen LogP contribution is 2.29. The second kappa shape index (κ2) is 6.45. The summed E-state index contributed by atoms with van der Waals surface area (Å²) in [6.45, 7) is 2.85. The van der Waals surface area contributed by atoms with Gasteiger partial charge in [-0.1, -0.05) is 24.9 Å². The Balaban J connectivity index is 2.22. The van der Waals surface area contributed by atoms with Crippen LogP contribution >= 0.6 is 11.6 Å².